The van der Waals surface area contributed by atoms with E-state index in [-0.39, 0.29) is 22.2 Å². The zero-order valence-electron chi connectivity index (χ0n) is 12.5. The molecule has 0 bridgehead atoms. The van der Waals surface area contributed by atoms with Crippen molar-refractivity contribution < 1.29 is 21.4 Å². The van der Waals surface area contributed by atoms with Gasteiger partial charge in [-0.2, -0.15) is 13.4 Å². The quantitative estimate of drug-likeness (QED) is 0.398. The average molecular weight is 393 g/mol. The summed E-state index contributed by atoms with van der Waals surface area (Å²) in [6.45, 7) is 1.51. The van der Waals surface area contributed by atoms with E-state index >= 15 is 0 Å². The first-order valence-corrected chi connectivity index (χ1v) is 9.99. The summed E-state index contributed by atoms with van der Waals surface area (Å²) in [5.41, 5.74) is 5.92. The fourth-order valence-corrected chi connectivity index (χ4v) is 3.07. The number of anilines is 3. The maximum absolute atomic E-state index is 11.6. The van der Waals surface area contributed by atoms with Crippen LogP contribution >= 0.6 is 11.6 Å². The number of sulfone groups is 1. The lowest BCUT2D eigenvalue weighted by Crippen LogP contribution is -2.09. The van der Waals surface area contributed by atoms with Crippen molar-refractivity contribution in [2.24, 2.45) is 0 Å². The number of hydrogen-bond acceptors (Lipinski definition) is 8. The van der Waals surface area contributed by atoms with Crippen LogP contribution in [0.15, 0.2) is 28.3 Å². The Hall–Kier alpha value is -1.95. The topological polar surface area (TPSA) is 152 Å². The third-order valence-electron chi connectivity index (χ3n) is 2.88. The second kappa shape index (κ2) is 6.16. The van der Waals surface area contributed by atoms with Gasteiger partial charge in [0.15, 0.2) is 5.82 Å². The van der Waals surface area contributed by atoms with Crippen molar-refractivity contribution in [3.8, 4) is 0 Å². The Bertz CT molecular complexity index is 1020. The van der Waals surface area contributed by atoms with Gasteiger partial charge < -0.3 is 11.1 Å². The molecule has 0 atom stereocenters. The summed E-state index contributed by atoms with van der Waals surface area (Å²) in [6, 6.07) is 3.64. The highest BCUT2D eigenvalue weighted by molar-refractivity contribution is 7.90. The van der Waals surface area contributed by atoms with Crippen LogP contribution in [0.25, 0.3) is 0 Å². The fraction of sp³-hybridized carbons (Fsp3) is 0.167. The highest BCUT2D eigenvalue weighted by Gasteiger charge is 2.18. The molecule has 9 nitrogen and oxygen atoms in total. The molecule has 1 aromatic heterocycles. The molecule has 4 N–H and O–H groups in total. The van der Waals surface area contributed by atoms with E-state index in [4.69, 9.17) is 21.9 Å². The molecule has 0 unspecified atom stereocenters. The van der Waals surface area contributed by atoms with E-state index in [1.54, 1.807) is 0 Å². The molecule has 130 valence electrons. The molecule has 0 fully saturated rings. The Kier molecular flexibility index (Phi) is 4.72. The van der Waals surface area contributed by atoms with Crippen molar-refractivity contribution in [2.75, 3.05) is 17.3 Å². The van der Waals surface area contributed by atoms with Crippen molar-refractivity contribution >= 4 is 48.7 Å². The lowest BCUT2D eigenvalue weighted by Gasteiger charge is -2.12. The van der Waals surface area contributed by atoms with Gasteiger partial charge in [-0.15, -0.1) is 0 Å². The van der Waals surface area contributed by atoms with Gasteiger partial charge in [0.25, 0.3) is 10.1 Å². The van der Waals surface area contributed by atoms with E-state index in [0.29, 0.717) is 5.69 Å². The number of rotatable bonds is 4. The van der Waals surface area contributed by atoms with Crippen LogP contribution in [0.2, 0.25) is 5.02 Å². The van der Waals surface area contributed by atoms with Crippen molar-refractivity contribution in [1.82, 2.24) is 9.97 Å². The van der Waals surface area contributed by atoms with E-state index in [9.17, 15) is 16.8 Å². The number of nitrogens with zero attached hydrogens (tertiary/aromatic N) is 2. The normalized spacial score (nSPS) is 12.2. The van der Waals surface area contributed by atoms with Crippen LogP contribution in [0.4, 0.5) is 17.2 Å². The molecule has 0 spiro atoms. The van der Waals surface area contributed by atoms with E-state index in [1.165, 1.54) is 19.1 Å². The van der Waals surface area contributed by atoms with Gasteiger partial charge in [-0.05, 0) is 25.1 Å². The van der Waals surface area contributed by atoms with Gasteiger partial charge >= 0.3 is 0 Å². The average Bonchev–Trinajstić information content (AvgIpc) is 2.41. The van der Waals surface area contributed by atoms with Crippen molar-refractivity contribution in [1.29, 1.82) is 0 Å². The predicted molar refractivity (Wildman–Crippen MR) is 88.8 cm³/mol. The SMILES string of the molecule is Cc1nc(S(C)(=O)=O)nc(Nc2ccc(S(=O)(=O)O)c(N)c2)c1Cl. The monoisotopic (exact) mass is 392 g/mol. The van der Waals surface area contributed by atoms with Crippen molar-refractivity contribution in [3.63, 3.8) is 0 Å². The van der Waals surface area contributed by atoms with Crippen molar-refractivity contribution in [2.45, 2.75) is 17.0 Å². The van der Waals surface area contributed by atoms with Crippen molar-refractivity contribution in [3.05, 3.63) is 28.9 Å². The van der Waals surface area contributed by atoms with E-state index in [2.05, 4.69) is 15.3 Å². The number of aromatic nitrogens is 2. The minimum atomic E-state index is -4.45. The Balaban J connectivity index is 2.49. The van der Waals surface area contributed by atoms with Gasteiger partial charge in [0, 0.05) is 11.9 Å². The van der Waals surface area contributed by atoms with Crippen LogP contribution in [0.3, 0.4) is 0 Å². The number of hydrogen-bond donors (Lipinski definition) is 3. The summed E-state index contributed by atoms with van der Waals surface area (Å²) in [5, 5.41) is 2.43. The van der Waals surface area contributed by atoms with E-state index < -0.39 is 30.0 Å². The summed E-state index contributed by atoms with van der Waals surface area (Å²) < 4.78 is 54.5. The molecule has 0 aliphatic heterocycles. The largest absolute Gasteiger partial charge is 0.398 e. The molecule has 12 heteroatoms. The summed E-state index contributed by atoms with van der Waals surface area (Å²) in [5.74, 6) is 0.0172. The van der Waals surface area contributed by atoms with E-state index in [1.807, 2.05) is 0 Å². The third kappa shape index (κ3) is 3.93. The molecular formula is C12H13ClN4O5S2. The minimum absolute atomic E-state index is 0.0172. The molecule has 0 aliphatic rings. The predicted octanol–water partition coefficient (Wildman–Crippen LogP) is 1.41. The second-order valence-electron chi connectivity index (χ2n) is 4.88. The molecule has 2 aromatic rings. The van der Waals surface area contributed by atoms with Gasteiger partial charge in [-0.1, -0.05) is 11.6 Å². The number of benzene rings is 1. The molecular weight excluding hydrogens is 380 g/mol. The number of nitrogens with one attached hydrogen (secondary N) is 1. The lowest BCUT2D eigenvalue weighted by molar-refractivity contribution is 0.483. The summed E-state index contributed by atoms with van der Waals surface area (Å²) in [6.07, 6.45) is 0.957. The Morgan fingerprint density at radius 2 is 1.83 bits per heavy atom. The van der Waals surface area contributed by atoms with Crippen LogP contribution < -0.4 is 11.1 Å². The molecule has 0 aliphatic carbocycles. The van der Waals surface area contributed by atoms with Gasteiger partial charge in [-0.25, -0.2) is 13.4 Å². The highest BCUT2D eigenvalue weighted by atomic mass is 35.5. The number of nitrogen functional groups attached to an aromatic ring is 1. The van der Waals surface area contributed by atoms with Crippen LogP contribution in [-0.2, 0) is 20.0 Å². The van der Waals surface area contributed by atoms with Crippen LogP contribution in [0, 0.1) is 6.92 Å². The van der Waals surface area contributed by atoms with Crippen LogP contribution in [0.1, 0.15) is 5.69 Å². The summed E-state index contributed by atoms with van der Waals surface area (Å²) in [4.78, 5) is 7.20. The Labute approximate surface area is 143 Å². The van der Waals surface area contributed by atoms with Gasteiger partial charge in [0.05, 0.1) is 11.4 Å². The Morgan fingerprint density at radius 1 is 1.21 bits per heavy atom. The third-order valence-corrected chi connectivity index (χ3v) is 5.10. The van der Waals surface area contributed by atoms with E-state index in [0.717, 1.165) is 12.3 Å². The molecule has 0 saturated carbocycles. The first kappa shape index (κ1) is 18.4. The number of halogens is 1. The highest BCUT2D eigenvalue weighted by Crippen LogP contribution is 2.29. The fourth-order valence-electron chi connectivity index (χ4n) is 1.78. The van der Waals surface area contributed by atoms with Gasteiger partial charge in [-0.3, -0.25) is 4.55 Å². The summed E-state index contributed by atoms with van der Waals surface area (Å²) >= 11 is 6.06. The molecule has 0 radical (unpaired) electrons. The molecule has 24 heavy (non-hydrogen) atoms. The first-order chi connectivity index (χ1) is 10.9. The maximum Gasteiger partial charge on any atom is 0.296 e. The molecule has 1 heterocycles. The Morgan fingerprint density at radius 3 is 2.33 bits per heavy atom. The second-order valence-corrected chi connectivity index (χ2v) is 8.56. The van der Waals surface area contributed by atoms with Gasteiger partial charge in [0.2, 0.25) is 15.0 Å². The zero-order chi connectivity index (χ0) is 18.3. The molecule has 1 aromatic carbocycles. The number of aryl methyl sites for hydroxylation is 1. The van der Waals surface area contributed by atoms with Crippen LogP contribution in [0.5, 0.6) is 0 Å². The van der Waals surface area contributed by atoms with Gasteiger partial charge in [0.1, 0.15) is 9.92 Å². The zero-order valence-corrected chi connectivity index (χ0v) is 14.9. The minimum Gasteiger partial charge on any atom is -0.398 e. The van der Waals surface area contributed by atoms with Crippen LogP contribution in [-0.4, -0.2) is 37.6 Å². The molecule has 0 saturated heterocycles. The lowest BCUT2D eigenvalue weighted by atomic mass is 10.3. The maximum atomic E-state index is 11.6. The smallest absolute Gasteiger partial charge is 0.296 e. The molecule has 0 amide bonds. The summed E-state index contributed by atoms with van der Waals surface area (Å²) in [7, 11) is -8.10. The first-order valence-electron chi connectivity index (χ1n) is 6.28. The number of nitrogens with two attached hydrogens (primary N) is 1. The standard InChI is InChI=1S/C12H13ClN4O5S2/c1-6-10(13)11(17-12(15-6)23(2,18)19)16-7-3-4-9(8(14)5-7)24(20,21)22/h3-5H,14H2,1-2H3,(H,15,16,17)(H,20,21,22). The molecule has 2 rings (SSSR count).